The molecular formula is C26H28ClF3N2O6S. The second-order valence-corrected chi connectivity index (χ2v) is 12.5. The van der Waals surface area contributed by atoms with Crippen LogP contribution in [0.15, 0.2) is 47.3 Å². The first-order chi connectivity index (χ1) is 17.8. The summed E-state index contributed by atoms with van der Waals surface area (Å²) in [4.78, 5) is 25.7. The minimum Gasteiger partial charge on any atom is -0.465 e. The molecule has 0 radical (unpaired) electrons. The summed E-state index contributed by atoms with van der Waals surface area (Å²) in [6.45, 7) is 9.24. The van der Waals surface area contributed by atoms with Crippen LogP contribution in [0.2, 0.25) is 5.02 Å². The summed E-state index contributed by atoms with van der Waals surface area (Å²) in [6, 6.07) is 8.58. The maximum Gasteiger partial charge on any atom is 0.534 e. The molecule has 0 aliphatic rings. The molecule has 1 heterocycles. The molecule has 2 N–H and O–H groups in total. The third kappa shape index (κ3) is 6.50. The Morgan fingerprint density at radius 1 is 1.08 bits per heavy atom. The van der Waals surface area contributed by atoms with E-state index >= 15 is 0 Å². The third-order valence-corrected chi connectivity index (χ3v) is 7.09. The van der Waals surface area contributed by atoms with Gasteiger partial charge in [-0.05, 0) is 47.2 Å². The number of nitrogens with one attached hydrogen (secondary N) is 1. The third-order valence-electron chi connectivity index (χ3n) is 5.86. The molecule has 8 nitrogen and oxygen atoms in total. The van der Waals surface area contributed by atoms with Gasteiger partial charge >= 0.3 is 21.7 Å². The summed E-state index contributed by atoms with van der Waals surface area (Å²) in [6.07, 6.45) is -1.35. The molecule has 0 aliphatic carbocycles. The predicted octanol–water partition coefficient (Wildman–Crippen LogP) is 6.56. The van der Waals surface area contributed by atoms with E-state index in [1.807, 2.05) is 13.8 Å². The highest BCUT2D eigenvalue weighted by atomic mass is 35.5. The Morgan fingerprint density at radius 2 is 1.67 bits per heavy atom. The number of benzene rings is 2. The van der Waals surface area contributed by atoms with Gasteiger partial charge in [0.2, 0.25) is 0 Å². The van der Waals surface area contributed by atoms with Crippen molar-refractivity contribution < 1.29 is 35.7 Å². The van der Waals surface area contributed by atoms with Gasteiger partial charge in [0.1, 0.15) is 5.75 Å². The number of alkyl halides is 3. The van der Waals surface area contributed by atoms with Gasteiger partial charge in [0.05, 0.1) is 11.7 Å². The number of carbonyl (C=O) groups is 1. The van der Waals surface area contributed by atoms with Crippen molar-refractivity contribution in [2.45, 2.75) is 52.7 Å². The number of rotatable bonds is 7. The Hall–Kier alpha value is -3.25. The zero-order valence-electron chi connectivity index (χ0n) is 21.8. The first kappa shape index (κ1) is 30.3. The highest BCUT2D eigenvalue weighted by Gasteiger charge is 2.48. The summed E-state index contributed by atoms with van der Waals surface area (Å²) in [5, 5.41) is 12.7. The molecule has 0 bridgehead atoms. The van der Waals surface area contributed by atoms with Gasteiger partial charge < -0.3 is 19.2 Å². The van der Waals surface area contributed by atoms with Crippen molar-refractivity contribution in [3.63, 3.8) is 0 Å². The summed E-state index contributed by atoms with van der Waals surface area (Å²) in [5.74, 6) is -0.720. The van der Waals surface area contributed by atoms with Gasteiger partial charge in [0.25, 0.3) is 5.56 Å². The highest BCUT2D eigenvalue weighted by Crippen LogP contribution is 2.42. The van der Waals surface area contributed by atoms with Gasteiger partial charge in [0, 0.05) is 27.9 Å². The van der Waals surface area contributed by atoms with Gasteiger partial charge in [-0.15, -0.1) is 0 Å². The maximum atomic E-state index is 13.8. The average molecular weight is 589 g/mol. The van der Waals surface area contributed by atoms with Crippen LogP contribution < -0.4 is 15.1 Å². The molecule has 1 amide bonds. The molecule has 1 atom stereocenters. The lowest BCUT2D eigenvalue weighted by Gasteiger charge is -2.35. The molecular weight excluding hydrogens is 561 g/mol. The number of hydrogen-bond acceptors (Lipinski definition) is 5. The molecule has 0 spiro atoms. The monoisotopic (exact) mass is 588 g/mol. The first-order valence-electron chi connectivity index (χ1n) is 11.8. The van der Waals surface area contributed by atoms with Crippen molar-refractivity contribution in [3.05, 3.63) is 63.5 Å². The summed E-state index contributed by atoms with van der Waals surface area (Å²) < 4.78 is 68.3. The molecule has 0 fully saturated rings. The predicted molar refractivity (Wildman–Crippen MR) is 142 cm³/mol. The van der Waals surface area contributed by atoms with Crippen LogP contribution in [-0.4, -0.2) is 29.7 Å². The average Bonchev–Trinajstić information content (AvgIpc) is 2.78. The number of carboxylic acid groups (broad SMARTS) is 1. The van der Waals surface area contributed by atoms with Crippen LogP contribution in [0.5, 0.6) is 5.75 Å². The molecule has 1 unspecified atom stereocenters. The summed E-state index contributed by atoms with van der Waals surface area (Å²) in [7, 11) is -5.99. The largest absolute Gasteiger partial charge is 0.534 e. The van der Waals surface area contributed by atoms with Crippen LogP contribution in [0.1, 0.15) is 46.4 Å². The quantitative estimate of drug-likeness (QED) is 0.239. The Kier molecular flexibility index (Phi) is 8.33. The number of aromatic nitrogens is 1. The molecule has 3 aromatic rings. The summed E-state index contributed by atoms with van der Waals surface area (Å²) in [5.41, 5.74) is -5.95. The maximum absolute atomic E-state index is 13.8. The lowest BCUT2D eigenvalue weighted by atomic mass is 9.80. The van der Waals surface area contributed by atoms with E-state index in [0.717, 1.165) is 12.1 Å². The van der Waals surface area contributed by atoms with Crippen molar-refractivity contribution in [1.29, 1.82) is 0 Å². The van der Waals surface area contributed by atoms with E-state index in [1.165, 1.54) is 10.6 Å². The number of nitrogens with zero attached hydrogens (tertiary/aromatic N) is 1. The zero-order valence-corrected chi connectivity index (χ0v) is 23.3. The molecule has 0 saturated carbocycles. The van der Waals surface area contributed by atoms with E-state index < -0.39 is 44.5 Å². The standard InChI is InChI=1S/C26H28ClF3N2O6S/c1-14(2)13-32-21(22(25(3,4)5)31-24(34)35)20(15-6-8-16(27)9-7-15)19-12-17(10-11-18(19)23(32)33)38-39(36,37)26(28,29)30/h6-12,14,22,31H,13H2,1-5H3,(H,34,35). The number of hydrogen-bond donors (Lipinski definition) is 2. The minimum absolute atomic E-state index is 0.0538. The fourth-order valence-corrected chi connectivity index (χ4v) is 4.83. The van der Waals surface area contributed by atoms with E-state index in [1.54, 1.807) is 45.0 Å². The Morgan fingerprint density at radius 3 is 2.15 bits per heavy atom. The molecule has 0 aliphatic heterocycles. The van der Waals surface area contributed by atoms with Gasteiger partial charge in [-0.25, -0.2) is 4.79 Å². The smallest absolute Gasteiger partial charge is 0.465 e. The number of pyridine rings is 1. The molecule has 39 heavy (non-hydrogen) atoms. The van der Waals surface area contributed by atoms with Crippen LogP contribution in [-0.2, 0) is 16.7 Å². The lowest BCUT2D eigenvalue weighted by Crippen LogP contribution is -2.40. The summed E-state index contributed by atoms with van der Waals surface area (Å²) >= 11 is 6.09. The van der Waals surface area contributed by atoms with Gasteiger partial charge in [-0.2, -0.15) is 21.6 Å². The molecule has 1 aromatic heterocycles. The van der Waals surface area contributed by atoms with Crippen molar-refractivity contribution in [2.75, 3.05) is 0 Å². The van der Waals surface area contributed by atoms with E-state index in [4.69, 9.17) is 11.6 Å². The van der Waals surface area contributed by atoms with Crippen LogP contribution in [0, 0.1) is 11.3 Å². The highest BCUT2D eigenvalue weighted by molar-refractivity contribution is 7.88. The first-order valence-corrected chi connectivity index (χ1v) is 13.6. The number of amides is 1. The van der Waals surface area contributed by atoms with E-state index in [2.05, 4.69) is 9.50 Å². The topological polar surface area (TPSA) is 115 Å². The molecule has 0 saturated heterocycles. The normalized spacial score (nSPS) is 13.5. The second kappa shape index (κ2) is 10.7. The molecule has 13 heteroatoms. The SMILES string of the molecule is CC(C)Cn1c(C(NC(=O)O)C(C)(C)C)c(-c2ccc(Cl)cc2)c2cc(OS(=O)(=O)C(F)(F)F)ccc2c1=O. The van der Waals surface area contributed by atoms with Crippen molar-refractivity contribution in [3.8, 4) is 16.9 Å². The molecule has 3 rings (SSSR count). The van der Waals surface area contributed by atoms with Crippen LogP contribution >= 0.6 is 11.6 Å². The van der Waals surface area contributed by atoms with E-state index in [-0.39, 0.29) is 28.9 Å². The molecule has 2 aromatic carbocycles. The van der Waals surface area contributed by atoms with Crippen LogP contribution in [0.3, 0.4) is 0 Å². The fraction of sp³-hybridized carbons (Fsp3) is 0.385. The van der Waals surface area contributed by atoms with Gasteiger partial charge in [0.15, 0.2) is 0 Å². The molecule has 212 valence electrons. The van der Waals surface area contributed by atoms with Crippen LogP contribution in [0.25, 0.3) is 21.9 Å². The number of fused-ring (bicyclic) bond motifs is 1. The van der Waals surface area contributed by atoms with Crippen molar-refractivity contribution in [2.24, 2.45) is 11.3 Å². The lowest BCUT2D eigenvalue weighted by molar-refractivity contribution is -0.0500. The number of halogens is 4. The second-order valence-electron chi connectivity index (χ2n) is 10.5. The van der Waals surface area contributed by atoms with E-state index in [9.17, 15) is 36.3 Å². The van der Waals surface area contributed by atoms with Gasteiger partial charge in [-0.3, -0.25) is 4.79 Å². The van der Waals surface area contributed by atoms with Crippen LogP contribution in [0.4, 0.5) is 18.0 Å². The Balaban J connectivity index is 2.56. The Bertz CT molecular complexity index is 1560. The van der Waals surface area contributed by atoms with Gasteiger partial charge in [-0.1, -0.05) is 58.4 Å². The minimum atomic E-state index is -5.99. The van der Waals surface area contributed by atoms with E-state index in [0.29, 0.717) is 16.1 Å². The zero-order chi connectivity index (χ0) is 29.5. The Labute approximate surface area is 228 Å². The van der Waals surface area contributed by atoms with Crippen molar-refractivity contribution in [1.82, 2.24) is 9.88 Å². The fourth-order valence-electron chi connectivity index (χ4n) is 4.26. The van der Waals surface area contributed by atoms with Crippen molar-refractivity contribution >= 4 is 38.6 Å².